The summed E-state index contributed by atoms with van der Waals surface area (Å²) < 4.78 is 0. The molecule has 0 aromatic heterocycles. The van der Waals surface area contributed by atoms with Crippen LogP contribution in [0.4, 0.5) is 5.69 Å². The Bertz CT molecular complexity index is 697. The van der Waals surface area contributed by atoms with Gasteiger partial charge in [0.25, 0.3) is 0 Å². The predicted molar refractivity (Wildman–Crippen MR) is 93.0 cm³/mol. The quantitative estimate of drug-likeness (QED) is 0.765. The van der Waals surface area contributed by atoms with Crippen molar-refractivity contribution < 1.29 is 9.59 Å². The minimum atomic E-state index is -0.580. The fourth-order valence-electron chi connectivity index (χ4n) is 2.39. The molecule has 5 heteroatoms. The van der Waals surface area contributed by atoms with E-state index in [4.69, 9.17) is 5.73 Å². The van der Waals surface area contributed by atoms with Crippen molar-refractivity contribution >= 4 is 28.3 Å². The van der Waals surface area contributed by atoms with Gasteiger partial charge in [-0.2, -0.15) is 0 Å². The molecule has 2 aromatic rings. The number of carbonyl (C=O) groups is 2. The Labute approximate surface area is 136 Å². The molecular formula is C18H23N3O2. The number of amides is 2. The van der Waals surface area contributed by atoms with Gasteiger partial charge in [0.1, 0.15) is 0 Å². The Hall–Kier alpha value is -2.40. The number of hydrogen-bond acceptors (Lipinski definition) is 3. The van der Waals surface area contributed by atoms with Gasteiger partial charge in [0.2, 0.25) is 11.8 Å². The molecule has 23 heavy (non-hydrogen) atoms. The monoisotopic (exact) mass is 313 g/mol. The molecule has 122 valence electrons. The SMILES string of the molecule is CC(C)CC(N)C(=O)NCC(=O)Nc1ccc2ccccc2c1. The summed E-state index contributed by atoms with van der Waals surface area (Å²) in [6.07, 6.45) is 0.595. The summed E-state index contributed by atoms with van der Waals surface area (Å²) >= 11 is 0. The van der Waals surface area contributed by atoms with Crippen LogP contribution < -0.4 is 16.4 Å². The zero-order valence-electron chi connectivity index (χ0n) is 13.5. The van der Waals surface area contributed by atoms with Gasteiger partial charge in [-0.3, -0.25) is 9.59 Å². The third kappa shape index (κ3) is 5.07. The maximum atomic E-state index is 11.9. The van der Waals surface area contributed by atoms with Gasteiger partial charge in [0, 0.05) is 5.69 Å². The van der Waals surface area contributed by atoms with Gasteiger partial charge >= 0.3 is 0 Å². The first-order valence-electron chi connectivity index (χ1n) is 7.77. The summed E-state index contributed by atoms with van der Waals surface area (Å²) in [5, 5.41) is 7.50. The molecule has 0 fully saturated rings. The molecule has 2 rings (SSSR count). The number of nitrogens with two attached hydrogens (primary N) is 1. The second-order valence-corrected chi connectivity index (χ2v) is 6.06. The summed E-state index contributed by atoms with van der Waals surface area (Å²) in [6.45, 7) is 3.91. The highest BCUT2D eigenvalue weighted by Gasteiger charge is 2.15. The standard InChI is InChI=1S/C18H23N3O2/c1-12(2)9-16(19)18(23)20-11-17(22)21-15-8-7-13-5-3-4-6-14(13)10-15/h3-8,10,12,16H,9,11,19H2,1-2H3,(H,20,23)(H,21,22). The van der Waals surface area contributed by atoms with Gasteiger partial charge in [0.15, 0.2) is 0 Å². The molecule has 0 saturated heterocycles. The summed E-state index contributed by atoms with van der Waals surface area (Å²) in [7, 11) is 0. The Morgan fingerprint density at radius 2 is 1.78 bits per heavy atom. The van der Waals surface area contributed by atoms with E-state index in [9.17, 15) is 9.59 Å². The van der Waals surface area contributed by atoms with E-state index in [0.29, 0.717) is 18.0 Å². The molecule has 0 saturated carbocycles. The molecular weight excluding hydrogens is 290 g/mol. The average Bonchev–Trinajstić information content (AvgIpc) is 2.51. The Morgan fingerprint density at radius 3 is 2.48 bits per heavy atom. The summed E-state index contributed by atoms with van der Waals surface area (Å²) in [5.74, 6) is -0.236. The topological polar surface area (TPSA) is 84.2 Å². The lowest BCUT2D eigenvalue weighted by molar-refractivity contribution is -0.125. The van der Waals surface area contributed by atoms with Crippen molar-refractivity contribution in [3.8, 4) is 0 Å². The zero-order chi connectivity index (χ0) is 16.8. The second kappa shape index (κ2) is 7.74. The number of nitrogens with one attached hydrogen (secondary N) is 2. The van der Waals surface area contributed by atoms with Crippen molar-refractivity contribution in [1.82, 2.24) is 5.32 Å². The van der Waals surface area contributed by atoms with Crippen LogP contribution in [0.15, 0.2) is 42.5 Å². The summed E-state index contributed by atoms with van der Waals surface area (Å²) in [5.41, 5.74) is 6.48. The van der Waals surface area contributed by atoms with Crippen LogP contribution in [0.25, 0.3) is 10.8 Å². The highest BCUT2D eigenvalue weighted by Crippen LogP contribution is 2.18. The van der Waals surface area contributed by atoms with Crippen LogP contribution in [-0.2, 0) is 9.59 Å². The van der Waals surface area contributed by atoms with Gasteiger partial charge in [-0.1, -0.05) is 44.2 Å². The number of anilines is 1. The molecule has 0 spiro atoms. The van der Waals surface area contributed by atoms with Crippen molar-refractivity contribution in [3.05, 3.63) is 42.5 Å². The van der Waals surface area contributed by atoms with Crippen LogP contribution in [0.2, 0.25) is 0 Å². The minimum Gasteiger partial charge on any atom is -0.346 e. The van der Waals surface area contributed by atoms with E-state index in [0.717, 1.165) is 10.8 Å². The van der Waals surface area contributed by atoms with E-state index in [2.05, 4.69) is 10.6 Å². The number of hydrogen-bond donors (Lipinski definition) is 3. The molecule has 0 heterocycles. The highest BCUT2D eigenvalue weighted by atomic mass is 16.2. The molecule has 5 nitrogen and oxygen atoms in total. The Balaban J connectivity index is 1.87. The maximum Gasteiger partial charge on any atom is 0.243 e. The van der Waals surface area contributed by atoms with E-state index >= 15 is 0 Å². The van der Waals surface area contributed by atoms with Gasteiger partial charge < -0.3 is 16.4 Å². The van der Waals surface area contributed by atoms with E-state index in [1.54, 1.807) is 0 Å². The molecule has 0 bridgehead atoms. The predicted octanol–water partition coefficient (Wildman–Crippen LogP) is 2.27. The molecule has 2 amide bonds. The normalized spacial score (nSPS) is 12.2. The van der Waals surface area contributed by atoms with Gasteiger partial charge in [0.05, 0.1) is 12.6 Å². The van der Waals surface area contributed by atoms with Crippen molar-refractivity contribution in [3.63, 3.8) is 0 Å². The first-order valence-corrected chi connectivity index (χ1v) is 7.77. The molecule has 0 radical (unpaired) electrons. The first-order chi connectivity index (χ1) is 11.0. The third-order valence-electron chi connectivity index (χ3n) is 3.52. The third-order valence-corrected chi connectivity index (χ3v) is 3.52. The molecule has 2 aromatic carbocycles. The smallest absolute Gasteiger partial charge is 0.243 e. The van der Waals surface area contributed by atoms with Crippen molar-refractivity contribution in [2.45, 2.75) is 26.3 Å². The van der Waals surface area contributed by atoms with Crippen LogP contribution >= 0.6 is 0 Å². The molecule has 0 aliphatic heterocycles. The van der Waals surface area contributed by atoms with Crippen molar-refractivity contribution in [2.24, 2.45) is 11.7 Å². The van der Waals surface area contributed by atoms with E-state index in [-0.39, 0.29) is 18.4 Å². The fourth-order valence-corrected chi connectivity index (χ4v) is 2.39. The van der Waals surface area contributed by atoms with Crippen molar-refractivity contribution in [2.75, 3.05) is 11.9 Å². The molecule has 1 atom stereocenters. The number of carbonyl (C=O) groups excluding carboxylic acids is 2. The molecule has 1 unspecified atom stereocenters. The van der Waals surface area contributed by atoms with Gasteiger partial charge in [-0.15, -0.1) is 0 Å². The lowest BCUT2D eigenvalue weighted by Crippen LogP contribution is -2.44. The maximum absolute atomic E-state index is 11.9. The molecule has 0 aliphatic rings. The Morgan fingerprint density at radius 1 is 1.09 bits per heavy atom. The van der Waals surface area contributed by atoms with E-state index in [1.807, 2.05) is 56.3 Å². The van der Waals surface area contributed by atoms with Crippen LogP contribution in [0, 0.1) is 5.92 Å². The lowest BCUT2D eigenvalue weighted by atomic mass is 10.0. The summed E-state index contributed by atoms with van der Waals surface area (Å²) in [4.78, 5) is 23.7. The van der Waals surface area contributed by atoms with Crippen molar-refractivity contribution in [1.29, 1.82) is 0 Å². The van der Waals surface area contributed by atoms with Crippen LogP contribution in [0.1, 0.15) is 20.3 Å². The average molecular weight is 313 g/mol. The van der Waals surface area contributed by atoms with E-state index < -0.39 is 6.04 Å². The van der Waals surface area contributed by atoms with Crippen LogP contribution in [0.5, 0.6) is 0 Å². The van der Waals surface area contributed by atoms with Gasteiger partial charge in [-0.25, -0.2) is 0 Å². The Kier molecular flexibility index (Phi) is 5.71. The lowest BCUT2D eigenvalue weighted by Gasteiger charge is -2.14. The summed E-state index contributed by atoms with van der Waals surface area (Å²) in [6, 6.07) is 13.0. The molecule has 0 aliphatic carbocycles. The molecule has 4 N–H and O–H groups in total. The van der Waals surface area contributed by atoms with Gasteiger partial charge in [-0.05, 0) is 35.2 Å². The number of benzene rings is 2. The first kappa shape index (κ1) is 17.0. The van der Waals surface area contributed by atoms with Crippen LogP contribution in [-0.4, -0.2) is 24.4 Å². The largest absolute Gasteiger partial charge is 0.346 e. The minimum absolute atomic E-state index is 0.0859. The number of fused-ring (bicyclic) bond motifs is 1. The highest BCUT2D eigenvalue weighted by molar-refractivity contribution is 5.97. The van der Waals surface area contributed by atoms with Crippen LogP contribution in [0.3, 0.4) is 0 Å². The zero-order valence-corrected chi connectivity index (χ0v) is 13.5. The second-order valence-electron chi connectivity index (χ2n) is 6.06. The fraction of sp³-hybridized carbons (Fsp3) is 0.333. The number of rotatable bonds is 6. The van der Waals surface area contributed by atoms with E-state index in [1.165, 1.54) is 0 Å².